The highest BCUT2D eigenvalue weighted by Crippen LogP contribution is 2.30. The Morgan fingerprint density at radius 1 is 1.44 bits per heavy atom. The number of carbonyl (C=O) groups is 1. The summed E-state index contributed by atoms with van der Waals surface area (Å²) < 4.78 is 11.5. The molecular formula is C20H28N2O3. The molecule has 1 aliphatic rings. The van der Waals surface area contributed by atoms with Gasteiger partial charge in [0.15, 0.2) is 0 Å². The van der Waals surface area contributed by atoms with E-state index in [4.69, 9.17) is 9.47 Å². The van der Waals surface area contributed by atoms with Crippen molar-refractivity contribution < 1.29 is 14.3 Å². The van der Waals surface area contributed by atoms with Gasteiger partial charge in [0, 0.05) is 30.3 Å². The molecule has 0 bridgehead atoms. The number of amides is 1. The number of fused-ring (bicyclic) bond motifs is 1. The van der Waals surface area contributed by atoms with Crippen molar-refractivity contribution >= 4 is 16.8 Å². The summed E-state index contributed by atoms with van der Waals surface area (Å²) >= 11 is 0. The molecule has 1 aromatic heterocycles. The molecule has 3 rings (SSSR count). The number of hydrogen-bond acceptors (Lipinski definition) is 3. The van der Waals surface area contributed by atoms with Gasteiger partial charge in [-0.2, -0.15) is 0 Å². The fraction of sp³-hybridized carbons (Fsp3) is 0.550. The van der Waals surface area contributed by atoms with Crippen LogP contribution in [-0.2, 0) is 16.0 Å². The zero-order valence-electron chi connectivity index (χ0n) is 15.4. The maximum atomic E-state index is 12.4. The van der Waals surface area contributed by atoms with Crippen molar-refractivity contribution in [3.05, 3.63) is 30.0 Å². The molecule has 1 fully saturated rings. The third kappa shape index (κ3) is 4.34. The van der Waals surface area contributed by atoms with Crippen molar-refractivity contribution in [2.45, 2.75) is 45.6 Å². The molecule has 5 nitrogen and oxygen atoms in total. The molecule has 0 saturated carbocycles. The number of H-pyrrole nitrogens is 1. The van der Waals surface area contributed by atoms with Crippen LogP contribution >= 0.6 is 0 Å². The van der Waals surface area contributed by atoms with Gasteiger partial charge in [-0.05, 0) is 57.2 Å². The Balaban J connectivity index is 1.62. The van der Waals surface area contributed by atoms with Crippen LogP contribution in [0.2, 0.25) is 0 Å². The largest absolute Gasteiger partial charge is 0.493 e. The Morgan fingerprint density at radius 3 is 3.04 bits per heavy atom. The minimum Gasteiger partial charge on any atom is -0.493 e. The predicted octanol–water partition coefficient (Wildman–Crippen LogP) is 3.43. The first-order valence-electron chi connectivity index (χ1n) is 9.11. The van der Waals surface area contributed by atoms with E-state index in [0.717, 1.165) is 41.7 Å². The Hall–Kier alpha value is -2.01. The zero-order valence-corrected chi connectivity index (χ0v) is 15.4. The van der Waals surface area contributed by atoms with E-state index >= 15 is 0 Å². The highest BCUT2D eigenvalue weighted by molar-refractivity contribution is 5.93. The Labute approximate surface area is 149 Å². The van der Waals surface area contributed by atoms with Crippen LogP contribution in [0.3, 0.4) is 0 Å². The summed E-state index contributed by atoms with van der Waals surface area (Å²) in [6, 6.07) is 5.91. The minimum absolute atomic E-state index is 0.0523. The standard InChI is InChI=1S/C20H28N2O3/c1-4-24-17-7-5-6-16-19(17)15(13-21-16)10-18(23)22-12-14-8-9-25-20(2,3)11-14/h5-7,13-14,21H,4,8-12H2,1-3H3,(H,22,23). The molecule has 0 radical (unpaired) electrons. The van der Waals surface area contributed by atoms with Crippen molar-refractivity contribution in [2.24, 2.45) is 5.92 Å². The van der Waals surface area contributed by atoms with Gasteiger partial charge < -0.3 is 19.8 Å². The van der Waals surface area contributed by atoms with E-state index in [1.54, 1.807) is 0 Å². The van der Waals surface area contributed by atoms with Gasteiger partial charge in [-0.15, -0.1) is 0 Å². The second-order valence-electron chi connectivity index (χ2n) is 7.37. The quantitative estimate of drug-likeness (QED) is 0.844. The highest BCUT2D eigenvalue weighted by atomic mass is 16.5. The van der Waals surface area contributed by atoms with E-state index in [1.165, 1.54) is 0 Å². The maximum Gasteiger partial charge on any atom is 0.224 e. The molecule has 1 saturated heterocycles. The Bertz CT molecular complexity index is 736. The fourth-order valence-corrected chi connectivity index (χ4v) is 3.66. The summed E-state index contributed by atoms with van der Waals surface area (Å²) in [6.45, 7) is 8.28. The molecular weight excluding hydrogens is 316 g/mol. The van der Waals surface area contributed by atoms with E-state index in [1.807, 2.05) is 31.3 Å². The lowest BCUT2D eigenvalue weighted by Gasteiger charge is -2.35. The van der Waals surface area contributed by atoms with Gasteiger partial charge in [0.05, 0.1) is 18.6 Å². The number of aromatic nitrogens is 1. The van der Waals surface area contributed by atoms with Crippen LogP contribution < -0.4 is 10.1 Å². The lowest BCUT2D eigenvalue weighted by Crippen LogP contribution is -2.39. The van der Waals surface area contributed by atoms with Crippen LogP contribution in [0.1, 0.15) is 39.2 Å². The molecule has 1 amide bonds. The fourth-order valence-electron chi connectivity index (χ4n) is 3.66. The number of nitrogens with one attached hydrogen (secondary N) is 2. The predicted molar refractivity (Wildman–Crippen MR) is 98.9 cm³/mol. The van der Waals surface area contributed by atoms with E-state index in [0.29, 0.717) is 25.5 Å². The number of hydrogen-bond donors (Lipinski definition) is 2. The van der Waals surface area contributed by atoms with E-state index < -0.39 is 0 Å². The summed E-state index contributed by atoms with van der Waals surface area (Å²) in [5, 5.41) is 4.10. The molecule has 0 aliphatic carbocycles. The molecule has 1 aromatic carbocycles. The van der Waals surface area contributed by atoms with Crippen molar-refractivity contribution in [2.75, 3.05) is 19.8 Å². The summed E-state index contributed by atoms with van der Waals surface area (Å²) in [5.41, 5.74) is 1.89. The second-order valence-corrected chi connectivity index (χ2v) is 7.37. The maximum absolute atomic E-state index is 12.4. The molecule has 1 unspecified atom stereocenters. The second kappa shape index (κ2) is 7.48. The SMILES string of the molecule is CCOc1cccc2[nH]cc(CC(=O)NCC3CCOC(C)(C)C3)c12. The lowest BCUT2D eigenvalue weighted by atomic mass is 9.88. The first kappa shape index (κ1) is 17.8. The molecule has 5 heteroatoms. The zero-order chi connectivity index (χ0) is 17.9. The lowest BCUT2D eigenvalue weighted by molar-refractivity contribution is -0.121. The Kier molecular flexibility index (Phi) is 5.33. The minimum atomic E-state index is -0.0864. The van der Waals surface area contributed by atoms with Gasteiger partial charge in [0.2, 0.25) is 5.91 Å². The molecule has 2 N–H and O–H groups in total. The van der Waals surface area contributed by atoms with Gasteiger partial charge in [-0.3, -0.25) is 4.79 Å². The van der Waals surface area contributed by atoms with Crippen molar-refractivity contribution in [1.29, 1.82) is 0 Å². The van der Waals surface area contributed by atoms with Crippen molar-refractivity contribution in [3.8, 4) is 5.75 Å². The van der Waals surface area contributed by atoms with E-state index in [9.17, 15) is 4.79 Å². The Morgan fingerprint density at radius 2 is 2.28 bits per heavy atom. The van der Waals surface area contributed by atoms with Crippen LogP contribution in [0.15, 0.2) is 24.4 Å². The van der Waals surface area contributed by atoms with Gasteiger partial charge in [-0.25, -0.2) is 0 Å². The first-order valence-corrected chi connectivity index (χ1v) is 9.11. The molecule has 2 aromatic rings. The highest BCUT2D eigenvalue weighted by Gasteiger charge is 2.28. The average Bonchev–Trinajstić information content (AvgIpc) is 2.96. The average molecular weight is 344 g/mol. The molecule has 136 valence electrons. The van der Waals surface area contributed by atoms with Gasteiger partial charge >= 0.3 is 0 Å². The molecule has 0 spiro atoms. The number of rotatable bonds is 6. The molecule has 2 heterocycles. The van der Waals surface area contributed by atoms with Crippen LogP contribution in [-0.4, -0.2) is 36.3 Å². The summed E-state index contributed by atoms with van der Waals surface area (Å²) in [6.07, 6.45) is 4.25. The van der Waals surface area contributed by atoms with Gasteiger partial charge in [-0.1, -0.05) is 6.07 Å². The number of carbonyl (C=O) groups excluding carboxylic acids is 1. The van der Waals surface area contributed by atoms with Crippen LogP contribution in [0.4, 0.5) is 0 Å². The number of ether oxygens (including phenoxy) is 2. The summed E-state index contributed by atoms with van der Waals surface area (Å²) in [4.78, 5) is 15.7. The number of aromatic amines is 1. The van der Waals surface area contributed by atoms with Crippen molar-refractivity contribution in [3.63, 3.8) is 0 Å². The molecule has 1 aliphatic heterocycles. The van der Waals surface area contributed by atoms with Crippen LogP contribution in [0.5, 0.6) is 5.75 Å². The van der Waals surface area contributed by atoms with E-state index in [-0.39, 0.29) is 11.5 Å². The van der Waals surface area contributed by atoms with Crippen LogP contribution in [0.25, 0.3) is 10.9 Å². The summed E-state index contributed by atoms with van der Waals surface area (Å²) in [7, 11) is 0. The number of benzene rings is 1. The van der Waals surface area contributed by atoms with Crippen LogP contribution in [0, 0.1) is 5.92 Å². The monoisotopic (exact) mass is 344 g/mol. The van der Waals surface area contributed by atoms with Gasteiger partial charge in [0.1, 0.15) is 5.75 Å². The third-order valence-electron chi connectivity index (χ3n) is 4.79. The normalized spacial score (nSPS) is 19.7. The summed E-state index contributed by atoms with van der Waals surface area (Å²) in [5.74, 6) is 1.36. The van der Waals surface area contributed by atoms with Crippen molar-refractivity contribution in [1.82, 2.24) is 10.3 Å². The third-order valence-corrected chi connectivity index (χ3v) is 4.79. The first-order chi connectivity index (χ1) is 12.0. The van der Waals surface area contributed by atoms with Gasteiger partial charge in [0.25, 0.3) is 0 Å². The smallest absolute Gasteiger partial charge is 0.224 e. The topological polar surface area (TPSA) is 63.4 Å². The van der Waals surface area contributed by atoms with E-state index in [2.05, 4.69) is 24.1 Å². The molecule has 1 atom stereocenters. The molecule has 25 heavy (non-hydrogen) atoms.